The summed E-state index contributed by atoms with van der Waals surface area (Å²) in [6, 6.07) is 4.39. The number of carbonyl (C=O) groups excluding carboxylic acids is 2. The minimum atomic E-state index is -1.40. The molecule has 1 aliphatic rings. The number of methoxy groups -OCH3 is 1. The SMILES string of the molecule is COc1cc([C@H](c2n(C)c(C)c(C)[n+]2[O-])C2C(=O)OC(C)(C)OC2=O)ccc1O. The molecule has 0 aliphatic carbocycles. The van der Waals surface area contributed by atoms with Gasteiger partial charge in [-0.3, -0.25) is 9.59 Å². The number of esters is 2. The van der Waals surface area contributed by atoms with E-state index in [9.17, 15) is 19.9 Å². The van der Waals surface area contributed by atoms with Crippen LogP contribution in [0.4, 0.5) is 0 Å². The quantitative estimate of drug-likeness (QED) is 0.356. The number of phenols is 1. The third-order valence-corrected chi connectivity index (χ3v) is 5.26. The van der Waals surface area contributed by atoms with Crippen molar-refractivity contribution in [1.29, 1.82) is 0 Å². The van der Waals surface area contributed by atoms with Crippen molar-refractivity contribution >= 4 is 11.9 Å². The summed E-state index contributed by atoms with van der Waals surface area (Å²) in [4.78, 5) is 25.6. The molecule has 0 spiro atoms. The molecule has 1 aromatic carbocycles. The Morgan fingerprint density at radius 1 is 1.24 bits per heavy atom. The van der Waals surface area contributed by atoms with Crippen molar-refractivity contribution < 1.29 is 33.6 Å². The minimum Gasteiger partial charge on any atom is -0.711 e. The number of imidazole rings is 1. The van der Waals surface area contributed by atoms with Crippen LogP contribution in [-0.4, -0.2) is 34.5 Å². The van der Waals surface area contributed by atoms with Crippen molar-refractivity contribution in [3.8, 4) is 11.5 Å². The lowest BCUT2D eigenvalue weighted by molar-refractivity contribution is -0.621. The Labute approximate surface area is 168 Å². The summed E-state index contributed by atoms with van der Waals surface area (Å²) in [5.41, 5.74) is 1.54. The minimum absolute atomic E-state index is 0.112. The smallest absolute Gasteiger partial charge is 0.324 e. The maximum atomic E-state index is 12.9. The predicted octanol–water partition coefficient (Wildman–Crippen LogP) is 1.57. The molecule has 0 radical (unpaired) electrons. The fourth-order valence-corrected chi connectivity index (χ4v) is 3.58. The van der Waals surface area contributed by atoms with E-state index in [1.54, 1.807) is 25.5 Å². The number of cyclic esters (lactones) is 2. The first-order chi connectivity index (χ1) is 13.5. The van der Waals surface area contributed by atoms with E-state index in [0.29, 0.717) is 21.7 Å². The number of hydrogen-bond acceptors (Lipinski definition) is 7. The second-order valence-corrected chi connectivity index (χ2v) is 7.51. The number of aromatic nitrogens is 2. The van der Waals surface area contributed by atoms with Gasteiger partial charge in [-0.15, -0.1) is 0 Å². The van der Waals surface area contributed by atoms with Crippen LogP contribution in [0.5, 0.6) is 11.5 Å². The van der Waals surface area contributed by atoms with Crippen molar-refractivity contribution in [2.75, 3.05) is 7.11 Å². The number of carbonyl (C=O) groups is 2. The summed E-state index contributed by atoms with van der Waals surface area (Å²) in [5.74, 6) is -5.19. The highest BCUT2D eigenvalue weighted by molar-refractivity contribution is 5.98. The summed E-state index contributed by atoms with van der Waals surface area (Å²) < 4.78 is 18.1. The fourth-order valence-electron chi connectivity index (χ4n) is 3.58. The van der Waals surface area contributed by atoms with Gasteiger partial charge in [0, 0.05) is 27.7 Å². The van der Waals surface area contributed by atoms with Crippen LogP contribution < -0.4 is 9.47 Å². The van der Waals surface area contributed by atoms with Gasteiger partial charge in [0.15, 0.2) is 17.4 Å². The number of aromatic hydroxyl groups is 1. The average molecular weight is 404 g/mol. The summed E-state index contributed by atoms with van der Waals surface area (Å²) in [7, 11) is 3.06. The van der Waals surface area contributed by atoms with Crippen LogP contribution in [0.25, 0.3) is 0 Å². The second kappa shape index (κ2) is 6.98. The Morgan fingerprint density at radius 3 is 2.31 bits per heavy atom. The van der Waals surface area contributed by atoms with Crippen molar-refractivity contribution in [1.82, 2.24) is 4.57 Å². The zero-order valence-corrected chi connectivity index (χ0v) is 17.2. The predicted molar refractivity (Wildman–Crippen MR) is 100 cm³/mol. The number of phenolic OH excluding ortho intramolecular Hbond substituents is 1. The van der Waals surface area contributed by atoms with Gasteiger partial charge in [0.05, 0.1) is 14.2 Å². The summed E-state index contributed by atoms with van der Waals surface area (Å²) >= 11 is 0. The molecule has 1 fully saturated rings. The van der Waals surface area contributed by atoms with Crippen LogP contribution in [-0.2, 0) is 26.1 Å². The first kappa shape index (κ1) is 20.5. The Morgan fingerprint density at radius 2 is 1.83 bits per heavy atom. The van der Waals surface area contributed by atoms with E-state index in [0.717, 1.165) is 0 Å². The molecule has 3 rings (SSSR count). The van der Waals surface area contributed by atoms with Gasteiger partial charge in [-0.05, 0) is 17.7 Å². The number of nitrogens with zero attached hydrogens (tertiary/aromatic N) is 2. The van der Waals surface area contributed by atoms with E-state index in [2.05, 4.69) is 0 Å². The largest absolute Gasteiger partial charge is 0.711 e. The highest BCUT2D eigenvalue weighted by Gasteiger charge is 2.51. The molecule has 0 amide bonds. The van der Waals surface area contributed by atoms with Gasteiger partial charge in [-0.1, -0.05) is 6.07 Å². The van der Waals surface area contributed by atoms with Gasteiger partial charge < -0.3 is 24.5 Å². The first-order valence-electron chi connectivity index (χ1n) is 9.06. The molecule has 9 nitrogen and oxygen atoms in total. The molecule has 2 aromatic rings. The van der Waals surface area contributed by atoms with E-state index >= 15 is 0 Å². The van der Waals surface area contributed by atoms with Gasteiger partial charge in [0.2, 0.25) is 0 Å². The normalized spacial score (nSPS) is 17.6. The lowest BCUT2D eigenvalue weighted by Crippen LogP contribution is -2.50. The maximum absolute atomic E-state index is 12.9. The molecule has 29 heavy (non-hydrogen) atoms. The topological polar surface area (TPSA) is 114 Å². The van der Waals surface area contributed by atoms with Crippen LogP contribution in [0.3, 0.4) is 0 Å². The van der Waals surface area contributed by atoms with Crippen molar-refractivity contribution in [3.05, 3.63) is 46.2 Å². The Bertz CT molecular complexity index is 948. The zero-order chi connectivity index (χ0) is 21.7. The van der Waals surface area contributed by atoms with Gasteiger partial charge in [0.25, 0.3) is 11.6 Å². The maximum Gasteiger partial charge on any atom is 0.324 e. The fraction of sp³-hybridized carbons (Fsp3) is 0.450. The van der Waals surface area contributed by atoms with Crippen molar-refractivity contribution in [3.63, 3.8) is 0 Å². The van der Waals surface area contributed by atoms with Gasteiger partial charge in [0.1, 0.15) is 17.3 Å². The Balaban J connectivity index is 2.25. The summed E-state index contributed by atoms with van der Waals surface area (Å²) in [6.45, 7) is 6.34. The number of benzene rings is 1. The summed E-state index contributed by atoms with van der Waals surface area (Å²) in [5, 5.41) is 22.9. The Kier molecular flexibility index (Phi) is 4.94. The number of hydrogen-bond donors (Lipinski definition) is 1. The van der Waals surface area contributed by atoms with Crippen LogP contribution in [0, 0.1) is 25.0 Å². The summed E-state index contributed by atoms with van der Waals surface area (Å²) in [6.07, 6.45) is 0. The number of rotatable bonds is 4. The van der Waals surface area contributed by atoms with Crippen LogP contribution in [0.15, 0.2) is 18.2 Å². The lowest BCUT2D eigenvalue weighted by Gasteiger charge is -2.35. The van der Waals surface area contributed by atoms with Gasteiger partial charge in [-0.2, -0.15) is 0 Å². The highest BCUT2D eigenvalue weighted by atomic mass is 16.7. The number of ether oxygens (including phenoxy) is 3. The second-order valence-electron chi connectivity index (χ2n) is 7.51. The highest BCUT2D eigenvalue weighted by Crippen LogP contribution is 2.40. The molecule has 2 heterocycles. The Hall–Kier alpha value is -3.23. The lowest BCUT2D eigenvalue weighted by atomic mass is 9.84. The molecule has 1 aliphatic heterocycles. The monoisotopic (exact) mass is 404 g/mol. The third kappa shape index (κ3) is 3.37. The van der Waals surface area contributed by atoms with Crippen molar-refractivity contribution in [2.24, 2.45) is 13.0 Å². The molecular formula is C20H24N2O7. The molecule has 1 atom stereocenters. The molecule has 1 aromatic heterocycles. The van der Waals surface area contributed by atoms with E-state index in [1.807, 2.05) is 0 Å². The molecule has 1 N–H and O–H groups in total. The molecule has 156 valence electrons. The molecule has 0 saturated carbocycles. The van der Waals surface area contributed by atoms with Crippen LogP contribution >= 0.6 is 0 Å². The van der Waals surface area contributed by atoms with Crippen LogP contribution in [0.1, 0.15) is 42.5 Å². The van der Waals surface area contributed by atoms with Crippen molar-refractivity contribution in [2.45, 2.75) is 39.4 Å². The molecule has 0 unspecified atom stereocenters. The van der Waals surface area contributed by atoms with Gasteiger partial charge >= 0.3 is 11.9 Å². The van der Waals surface area contributed by atoms with E-state index in [1.165, 1.54) is 39.2 Å². The third-order valence-electron chi connectivity index (χ3n) is 5.26. The molecule has 1 saturated heterocycles. The molecule has 9 heteroatoms. The van der Waals surface area contributed by atoms with Crippen LogP contribution in [0.2, 0.25) is 0 Å². The van der Waals surface area contributed by atoms with E-state index < -0.39 is 29.6 Å². The molecule has 0 bridgehead atoms. The molecular weight excluding hydrogens is 380 g/mol. The van der Waals surface area contributed by atoms with Gasteiger partial charge in [-0.25, -0.2) is 9.30 Å². The zero-order valence-electron chi connectivity index (χ0n) is 17.2. The van der Waals surface area contributed by atoms with E-state index in [-0.39, 0.29) is 17.3 Å². The average Bonchev–Trinajstić information content (AvgIpc) is 2.81. The standard InChI is InChI=1S/C20H24N2O7/c1-10-11(2)22(26)17(21(10)5)15(12-7-8-13(23)14(9-12)27-6)16-18(24)28-20(3,4)29-19(16)25/h7-9,15-16,23H,1-6H3/t15-/m0/s1. The first-order valence-corrected chi connectivity index (χ1v) is 9.06. The van der Waals surface area contributed by atoms with E-state index in [4.69, 9.17) is 14.2 Å².